The van der Waals surface area contributed by atoms with Crippen LogP contribution in [0.3, 0.4) is 0 Å². The van der Waals surface area contributed by atoms with Crippen molar-refractivity contribution in [3.05, 3.63) is 65.7 Å². The maximum absolute atomic E-state index is 10.3. The van der Waals surface area contributed by atoms with Gasteiger partial charge in [-0.05, 0) is 24.6 Å². The first-order valence-corrected chi connectivity index (χ1v) is 8.30. The van der Waals surface area contributed by atoms with Crippen molar-refractivity contribution in [2.75, 3.05) is 33.4 Å². The molecule has 0 saturated carbocycles. The van der Waals surface area contributed by atoms with Crippen molar-refractivity contribution in [1.29, 1.82) is 0 Å². The SMILES string of the molecule is COCCN(Cc1ccc(C)cc1)CC(O)COc1ccccc1. The molecule has 0 aliphatic carbocycles. The van der Waals surface area contributed by atoms with Crippen LogP contribution >= 0.6 is 0 Å². The summed E-state index contributed by atoms with van der Waals surface area (Å²) in [6.45, 7) is 5.10. The molecule has 0 spiro atoms. The molecule has 0 aromatic heterocycles. The summed E-state index contributed by atoms with van der Waals surface area (Å²) < 4.78 is 10.8. The quantitative estimate of drug-likeness (QED) is 0.728. The average molecular weight is 329 g/mol. The third-order valence-corrected chi connectivity index (χ3v) is 3.79. The van der Waals surface area contributed by atoms with Crippen LogP contribution in [0.4, 0.5) is 0 Å². The third kappa shape index (κ3) is 6.71. The second-order valence-corrected chi connectivity index (χ2v) is 5.99. The molecule has 2 aromatic rings. The smallest absolute Gasteiger partial charge is 0.119 e. The molecule has 4 nitrogen and oxygen atoms in total. The number of benzene rings is 2. The lowest BCUT2D eigenvalue weighted by Gasteiger charge is -2.25. The summed E-state index contributed by atoms with van der Waals surface area (Å²) in [5.74, 6) is 0.776. The Kier molecular flexibility index (Phi) is 7.75. The Labute approximate surface area is 144 Å². The topological polar surface area (TPSA) is 41.9 Å². The summed E-state index contributed by atoms with van der Waals surface area (Å²) in [5, 5.41) is 10.3. The number of methoxy groups -OCH3 is 1. The summed E-state index contributed by atoms with van der Waals surface area (Å²) >= 11 is 0. The van der Waals surface area contributed by atoms with Crippen LogP contribution in [0.15, 0.2) is 54.6 Å². The van der Waals surface area contributed by atoms with E-state index >= 15 is 0 Å². The van der Waals surface area contributed by atoms with Crippen LogP contribution in [-0.4, -0.2) is 49.5 Å². The van der Waals surface area contributed by atoms with Gasteiger partial charge >= 0.3 is 0 Å². The Morgan fingerprint density at radius 2 is 1.75 bits per heavy atom. The van der Waals surface area contributed by atoms with Crippen molar-refractivity contribution in [3.8, 4) is 5.75 Å². The summed E-state index contributed by atoms with van der Waals surface area (Å²) in [4.78, 5) is 2.19. The molecule has 0 radical (unpaired) electrons. The maximum atomic E-state index is 10.3. The van der Waals surface area contributed by atoms with Gasteiger partial charge in [0, 0.05) is 26.7 Å². The largest absolute Gasteiger partial charge is 0.491 e. The number of rotatable bonds is 10. The van der Waals surface area contributed by atoms with Gasteiger partial charge in [0.1, 0.15) is 18.5 Å². The van der Waals surface area contributed by atoms with E-state index in [0.717, 1.165) is 18.8 Å². The summed E-state index contributed by atoms with van der Waals surface area (Å²) in [6, 6.07) is 18.0. The molecule has 130 valence electrons. The third-order valence-electron chi connectivity index (χ3n) is 3.79. The van der Waals surface area contributed by atoms with Crippen LogP contribution < -0.4 is 4.74 Å². The Morgan fingerprint density at radius 1 is 1.04 bits per heavy atom. The van der Waals surface area contributed by atoms with Crippen molar-refractivity contribution in [2.24, 2.45) is 0 Å². The Bertz CT molecular complexity index is 571. The van der Waals surface area contributed by atoms with Crippen LogP contribution in [0.5, 0.6) is 5.75 Å². The van der Waals surface area contributed by atoms with E-state index in [1.54, 1.807) is 7.11 Å². The Balaban J connectivity index is 1.85. The zero-order valence-electron chi connectivity index (χ0n) is 14.5. The molecule has 0 aliphatic heterocycles. The molecular weight excluding hydrogens is 302 g/mol. The Morgan fingerprint density at radius 3 is 2.42 bits per heavy atom. The van der Waals surface area contributed by atoms with Gasteiger partial charge in [-0.1, -0.05) is 48.0 Å². The van der Waals surface area contributed by atoms with E-state index in [4.69, 9.17) is 9.47 Å². The fraction of sp³-hybridized carbons (Fsp3) is 0.400. The van der Waals surface area contributed by atoms with Crippen LogP contribution in [0.2, 0.25) is 0 Å². The minimum absolute atomic E-state index is 0.279. The molecule has 24 heavy (non-hydrogen) atoms. The predicted octanol–water partition coefficient (Wildman–Crippen LogP) is 2.88. The highest BCUT2D eigenvalue weighted by molar-refractivity contribution is 5.21. The lowest BCUT2D eigenvalue weighted by Crippen LogP contribution is -2.37. The molecule has 0 bridgehead atoms. The van der Waals surface area contributed by atoms with Gasteiger partial charge in [-0.15, -0.1) is 0 Å². The van der Waals surface area contributed by atoms with Crippen LogP contribution in [0.1, 0.15) is 11.1 Å². The molecule has 0 aliphatic rings. The van der Waals surface area contributed by atoms with Gasteiger partial charge in [0.05, 0.1) is 6.61 Å². The molecule has 0 heterocycles. The molecular formula is C20H27NO3. The van der Waals surface area contributed by atoms with E-state index in [0.29, 0.717) is 13.2 Å². The molecule has 0 amide bonds. The second kappa shape index (κ2) is 10.1. The Hall–Kier alpha value is -1.88. The molecule has 1 unspecified atom stereocenters. The van der Waals surface area contributed by atoms with E-state index in [-0.39, 0.29) is 6.61 Å². The summed E-state index contributed by atoms with van der Waals surface area (Å²) in [7, 11) is 1.69. The van der Waals surface area contributed by atoms with Crippen molar-refractivity contribution in [3.63, 3.8) is 0 Å². The van der Waals surface area contributed by atoms with E-state index < -0.39 is 6.10 Å². The minimum atomic E-state index is -0.549. The lowest BCUT2D eigenvalue weighted by molar-refractivity contribution is 0.0542. The monoisotopic (exact) mass is 329 g/mol. The van der Waals surface area contributed by atoms with Crippen LogP contribution in [0.25, 0.3) is 0 Å². The van der Waals surface area contributed by atoms with Crippen LogP contribution in [-0.2, 0) is 11.3 Å². The maximum Gasteiger partial charge on any atom is 0.119 e. The van der Waals surface area contributed by atoms with E-state index in [1.165, 1.54) is 11.1 Å². The van der Waals surface area contributed by atoms with Crippen molar-refractivity contribution in [2.45, 2.75) is 19.6 Å². The summed E-state index contributed by atoms with van der Waals surface area (Å²) in [6.07, 6.45) is -0.549. The number of aryl methyl sites for hydroxylation is 1. The molecule has 1 atom stereocenters. The lowest BCUT2D eigenvalue weighted by atomic mass is 10.1. The second-order valence-electron chi connectivity index (χ2n) is 5.99. The fourth-order valence-corrected chi connectivity index (χ4v) is 2.47. The first-order valence-electron chi connectivity index (χ1n) is 8.30. The number of aliphatic hydroxyl groups is 1. The first-order chi connectivity index (χ1) is 11.7. The predicted molar refractivity (Wildman–Crippen MR) is 96.3 cm³/mol. The molecule has 2 aromatic carbocycles. The fourth-order valence-electron chi connectivity index (χ4n) is 2.47. The van der Waals surface area contributed by atoms with Gasteiger partial charge in [-0.2, -0.15) is 0 Å². The van der Waals surface area contributed by atoms with Gasteiger partial charge in [-0.25, -0.2) is 0 Å². The zero-order valence-corrected chi connectivity index (χ0v) is 14.5. The van der Waals surface area contributed by atoms with Gasteiger partial charge < -0.3 is 14.6 Å². The number of ether oxygens (including phenoxy) is 2. The van der Waals surface area contributed by atoms with Crippen molar-refractivity contribution in [1.82, 2.24) is 4.90 Å². The highest BCUT2D eigenvalue weighted by Gasteiger charge is 2.13. The van der Waals surface area contributed by atoms with E-state index in [9.17, 15) is 5.11 Å². The van der Waals surface area contributed by atoms with Gasteiger partial charge in [0.25, 0.3) is 0 Å². The molecule has 0 fully saturated rings. The zero-order chi connectivity index (χ0) is 17.2. The number of nitrogens with zero attached hydrogens (tertiary/aromatic N) is 1. The standard InChI is InChI=1S/C20H27NO3/c1-17-8-10-18(11-9-17)14-21(12-13-23-2)15-19(22)16-24-20-6-4-3-5-7-20/h3-11,19,22H,12-16H2,1-2H3. The van der Waals surface area contributed by atoms with Crippen LogP contribution in [0, 0.1) is 6.92 Å². The molecule has 2 rings (SSSR count). The number of aliphatic hydroxyl groups excluding tert-OH is 1. The van der Waals surface area contributed by atoms with Gasteiger partial charge in [0.2, 0.25) is 0 Å². The highest BCUT2D eigenvalue weighted by Crippen LogP contribution is 2.10. The number of hydrogen-bond acceptors (Lipinski definition) is 4. The molecule has 0 saturated heterocycles. The van der Waals surface area contributed by atoms with Gasteiger partial charge in [0.15, 0.2) is 0 Å². The van der Waals surface area contributed by atoms with Gasteiger partial charge in [-0.3, -0.25) is 4.90 Å². The average Bonchev–Trinajstić information content (AvgIpc) is 2.61. The minimum Gasteiger partial charge on any atom is -0.491 e. The first kappa shape index (κ1) is 18.5. The highest BCUT2D eigenvalue weighted by atomic mass is 16.5. The van der Waals surface area contributed by atoms with Crippen molar-refractivity contribution >= 4 is 0 Å². The normalized spacial score (nSPS) is 12.3. The molecule has 1 N–H and O–H groups in total. The van der Waals surface area contributed by atoms with E-state index in [2.05, 4.69) is 36.1 Å². The number of para-hydroxylation sites is 1. The van der Waals surface area contributed by atoms with E-state index in [1.807, 2.05) is 30.3 Å². The number of hydrogen-bond donors (Lipinski definition) is 1. The van der Waals surface area contributed by atoms with Crippen molar-refractivity contribution < 1.29 is 14.6 Å². The molecule has 4 heteroatoms. The summed E-state index contributed by atoms with van der Waals surface area (Å²) in [5.41, 5.74) is 2.48.